The Balaban J connectivity index is 1.61. The molecule has 0 aliphatic carbocycles. The average molecular weight is 359 g/mol. The third-order valence-electron chi connectivity index (χ3n) is 3.83. The normalized spacial score (nSPS) is 10.6. The number of nitrogens with zero attached hydrogens (tertiary/aromatic N) is 4. The Hall–Kier alpha value is -3.74. The summed E-state index contributed by atoms with van der Waals surface area (Å²) in [5.41, 5.74) is 2.37. The van der Waals surface area contributed by atoms with Crippen molar-refractivity contribution in [2.75, 3.05) is 11.9 Å². The monoisotopic (exact) mass is 359 g/mol. The van der Waals surface area contributed by atoms with Gasteiger partial charge in [0.1, 0.15) is 23.5 Å². The van der Waals surface area contributed by atoms with Crippen molar-refractivity contribution >= 4 is 11.5 Å². The maximum atomic E-state index is 5.46. The molecule has 1 N–H and O–H groups in total. The highest BCUT2D eigenvalue weighted by atomic mass is 16.5. The van der Waals surface area contributed by atoms with Gasteiger partial charge in [0, 0.05) is 17.4 Å². The van der Waals surface area contributed by atoms with E-state index in [1.165, 1.54) is 6.33 Å². The maximum Gasteiger partial charge on any atom is 0.263 e. The summed E-state index contributed by atoms with van der Waals surface area (Å²) in [5, 5.41) is 7.31. The molecule has 0 saturated heterocycles. The summed E-state index contributed by atoms with van der Waals surface area (Å²) in [6, 6.07) is 17.3. The summed E-state index contributed by atoms with van der Waals surface area (Å²) in [6.45, 7) is 2.58. The van der Waals surface area contributed by atoms with Gasteiger partial charge >= 0.3 is 0 Å². The van der Waals surface area contributed by atoms with Gasteiger partial charge in [0.25, 0.3) is 5.89 Å². The van der Waals surface area contributed by atoms with E-state index in [9.17, 15) is 0 Å². The van der Waals surface area contributed by atoms with Crippen LogP contribution in [-0.2, 0) is 0 Å². The highest BCUT2D eigenvalue weighted by Crippen LogP contribution is 2.28. The first kappa shape index (κ1) is 16.7. The number of anilines is 2. The van der Waals surface area contributed by atoms with Crippen LogP contribution in [0.2, 0.25) is 0 Å². The predicted molar refractivity (Wildman–Crippen MR) is 102 cm³/mol. The average Bonchev–Trinajstić information content (AvgIpc) is 3.21. The molecule has 0 radical (unpaired) electrons. The summed E-state index contributed by atoms with van der Waals surface area (Å²) in [6.07, 6.45) is 3.11. The third-order valence-corrected chi connectivity index (χ3v) is 3.83. The second kappa shape index (κ2) is 7.65. The first-order chi connectivity index (χ1) is 13.3. The van der Waals surface area contributed by atoms with Gasteiger partial charge in [-0.1, -0.05) is 35.5 Å². The van der Waals surface area contributed by atoms with E-state index in [0.29, 0.717) is 29.7 Å². The summed E-state index contributed by atoms with van der Waals surface area (Å²) < 4.78 is 10.9. The van der Waals surface area contributed by atoms with Crippen molar-refractivity contribution in [3.63, 3.8) is 0 Å². The Kier molecular flexibility index (Phi) is 4.74. The number of ether oxygens (including phenoxy) is 1. The molecule has 0 atom stereocenters. The van der Waals surface area contributed by atoms with Crippen molar-refractivity contribution in [3.8, 4) is 28.6 Å². The van der Waals surface area contributed by atoms with Crippen LogP contribution >= 0.6 is 0 Å². The molecular weight excluding hydrogens is 342 g/mol. The van der Waals surface area contributed by atoms with Gasteiger partial charge in [0.15, 0.2) is 0 Å². The van der Waals surface area contributed by atoms with Crippen LogP contribution in [0.1, 0.15) is 6.92 Å². The first-order valence-electron chi connectivity index (χ1n) is 8.53. The summed E-state index contributed by atoms with van der Waals surface area (Å²) in [4.78, 5) is 12.9. The molecule has 134 valence electrons. The van der Waals surface area contributed by atoms with E-state index in [0.717, 1.165) is 17.0 Å². The molecule has 7 nitrogen and oxygen atoms in total. The van der Waals surface area contributed by atoms with Crippen molar-refractivity contribution in [2.24, 2.45) is 0 Å². The largest absolute Gasteiger partial charge is 0.494 e. The highest BCUT2D eigenvalue weighted by molar-refractivity contribution is 5.73. The first-order valence-corrected chi connectivity index (χ1v) is 8.53. The van der Waals surface area contributed by atoms with Gasteiger partial charge < -0.3 is 14.6 Å². The van der Waals surface area contributed by atoms with E-state index in [4.69, 9.17) is 9.26 Å². The van der Waals surface area contributed by atoms with Crippen molar-refractivity contribution in [1.82, 2.24) is 20.1 Å². The zero-order valence-electron chi connectivity index (χ0n) is 14.7. The van der Waals surface area contributed by atoms with E-state index in [1.807, 2.05) is 61.5 Å². The summed E-state index contributed by atoms with van der Waals surface area (Å²) >= 11 is 0. The number of nitrogens with one attached hydrogen (secondary N) is 1. The van der Waals surface area contributed by atoms with Crippen LogP contribution in [0.15, 0.2) is 71.6 Å². The lowest BCUT2D eigenvalue weighted by molar-refractivity contribution is 0.340. The molecule has 2 aromatic carbocycles. The fraction of sp³-hybridized carbons (Fsp3) is 0.100. The summed E-state index contributed by atoms with van der Waals surface area (Å²) in [5.74, 6) is 2.26. The fourth-order valence-corrected chi connectivity index (χ4v) is 2.56. The lowest BCUT2D eigenvalue weighted by Crippen LogP contribution is -1.98. The molecule has 2 heterocycles. The Bertz CT molecular complexity index is 1020. The minimum atomic E-state index is 0.350. The molecule has 0 saturated carbocycles. The fourth-order valence-electron chi connectivity index (χ4n) is 2.56. The second-order valence-electron chi connectivity index (χ2n) is 5.66. The molecule has 0 aliphatic heterocycles. The van der Waals surface area contributed by atoms with Crippen molar-refractivity contribution < 1.29 is 9.26 Å². The Morgan fingerprint density at radius 1 is 1.04 bits per heavy atom. The molecule has 0 bridgehead atoms. The molecule has 0 aliphatic rings. The molecule has 4 rings (SSSR count). The van der Waals surface area contributed by atoms with Crippen LogP contribution in [-0.4, -0.2) is 26.7 Å². The van der Waals surface area contributed by atoms with Crippen LogP contribution in [0.5, 0.6) is 5.75 Å². The van der Waals surface area contributed by atoms with Crippen LogP contribution in [0, 0.1) is 0 Å². The van der Waals surface area contributed by atoms with Crippen molar-refractivity contribution in [1.29, 1.82) is 0 Å². The van der Waals surface area contributed by atoms with Crippen LogP contribution in [0.3, 0.4) is 0 Å². The standard InChI is InChI=1S/C20H17N5O2/c1-2-26-16-10-8-15(9-11-16)23-19-17(12-21-13-22-19)20-24-18(25-27-20)14-6-4-3-5-7-14/h3-13H,2H2,1H3,(H,21,22,23). The van der Waals surface area contributed by atoms with Gasteiger partial charge in [-0.15, -0.1) is 0 Å². The molecular formula is C20H17N5O2. The molecule has 27 heavy (non-hydrogen) atoms. The smallest absolute Gasteiger partial charge is 0.263 e. The number of hydrogen-bond acceptors (Lipinski definition) is 7. The van der Waals surface area contributed by atoms with E-state index in [2.05, 4.69) is 25.4 Å². The molecule has 7 heteroatoms. The van der Waals surface area contributed by atoms with E-state index >= 15 is 0 Å². The van der Waals surface area contributed by atoms with Crippen LogP contribution < -0.4 is 10.1 Å². The predicted octanol–water partition coefficient (Wildman–Crippen LogP) is 4.34. The minimum Gasteiger partial charge on any atom is -0.494 e. The lowest BCUT2D eigenvalue weighted by atomic mass is 10.2. The topological polar surface area (TPSA) is 86.0 Å². The van der Waals surface area contributed by atoms with Crippen molar-refractivity contribution in [3.05, 3.63) is 67.1 Å². The van der Waals surface area contributed by atoms with Gasteiger partial charge in [-0.25, -0.2) is 9.97 Å². The molecule has 4 aromatic rings. The van der Waals surface area contributed by atoms with E-state index in [-0.39, 0.29) is 0 Å². The number of benzene rings is 2. The minimum absolute atomic E-state index is 0.350. The van der Waals surface area contributed by atoms with E-state index < -0.39 is 0 Å². The van der Waals surface area contributed by atoms with Crippen LogP contribution in [0.25, 0.3) is 22.8 Å². The van der Waals surface area contributed by atoms with E-state index in [1.54, 1.807) is 6.20 Å². The molecule has 2 aromatic heterocycles. The highest BCUT2D eigenvalue weighted by Gasteiger charge is 2.15. The number of rotatable bonds is 6. The Labute approximate surface area is 156 Å². The van der Waals surface area contributed by atoms with Gasteiger partial charge in [0.2, 0.25) is 5.82 Å². The van der Waals surface area contributed by atoms with Crippen LogP contribution in [0.4, 0.5) is 11.5 Å². The molecule has 0 unspecified atom stereocenters. The molecule has 0 spiro atoms. The zero-order valence-corrected chi connectivity index (χ0v) is 14.7. The lowest BCUT2D eigenvalue weighted by Gasteiger charge is -2.09. The SMILES string of the molecule is CCOc1ccc(Nc2ncncc2-c2nc(-c3ccccc3)no2)cc1. The molecule has 0 fully saturated rings. The quantitative estimate of drug-likeness (QED) is 0.548. The van der Waals surface area contributed by atoms with Crippen molar-refractivity contribution in [2.45, 2.75) is 6.92 Å². The Morgan fingerprint density at radius 3 is 2.63 bits per heavy atom. The van der Waals surface area contributed by atoms with Gasteiger partial charge in [-0.3, -0.25) is 0 Å². The molecule has 0 amide bonds. The van der Waals surface area contributed by atoms with Gasteiger partial charge in [0.05, 0.1) is 6.61 Å². The Morgan fingerprint density at radius 2 is 1.85 bits per heavy atom. The number of hydrogen-bond donors (Lipinski definition) is 1. The van der Waals surface area contributed by atoms with Gasteiger partial charge in [-0.05, 0) is 31.2 Å². The maximum absolute atomic E-state index is 5.46. The van der Waals surface area contributed by atoms with Gasteiger partial charge in [-0.2, -0.15) is 4.98 Å². The third kappa shape index (κ3) is 3.77. The summed E-state index contributed by atoms with van der Waals surface area (Å²) in [7, 11) is 0. The number of aromatic nitrogens is 4. The zero-order chi connectivity index (χ0) is 18.5. The second-order valence-corrected chi connectivity index (χ2v) is 5.66.